The number of nitrogens with zero attached hydrogens (tertiary/aromatic N) is 1. The van der Waals surface area contributed by atoms with Gasteiger partial charge < -0.3 is 24.6 Å². The number of amides is 1. The molecule has 0 saturated carbocycles. The van der Waals surface area contributed by atoms with Crippen molar-refractivity contribution in [1.29, 1.82) is 0 Å². The second-order valence-electron chi connectivity index (χ2n) is 7.27. The van der Waals surface area contributed by atoms with E-state index in [0.717, 1.165) is 0 Å². The van der Waals surface area contributed by atoms with E-state index in [1.54, 1.807) is 36.4 Å². The molecule has 2 aromatic carbocycles. The van der Waals surface area contributed by atoms with Crippen molar-refractivity contribution in [3.63, 3.8) is 0 Å². The smallest absolute Gasteiger partial charge is 0.295 e. The van der Waals surface area contributed by atoms with E-state index in [2.05, 4.69) is 0 Å². The van der Waals surface area contributed by atoms with Crippen molar-refractivity contribution < 1.29 is 29.3 Å². The van der Waals surface area contributed by atoms with Crippen molar-refractivity contribution in [3.8, 4) is 11.5 Å². The van der Waals surface area contributed by atoms with Crippen LogP contribution in [-0.2, 0) is 14.3 Å². The van der Waals surface area contributed by atoms with E-state index in [-0.39, 0.29) is 36.3 Å². The molecule has 3 rings (SSSR count). The van der Waals surface area contributed by atoms with Gasteiger partial charge in [-0.25, -0.2) is 0 Å². The summed E-state index contributed by atoms with van der Waals surface area (Å²) in [7, 11) is 1.51. The van der Waals surface area contributed by atoms with Crippen molar-refractivity contribution in [2.24, 2.45) is 0 Å². The van der Waals surface area contributed by atoms with Gasteiger partial charge in [0.15, 0.2) is 0 Å². The largest absolute Gasteiger partial charge is 0.508 e. The zero-order valence-electron chi connectivity index (χ0n) is 17.2. The Morgan fingerprint density at radius 1 is 1.07 bits per heavy atom. The van der Waals surface area contributed by atoms with Crippen LogP contribution in [-0.4, -0.2) is 53.2 Å². The van der Waals surface area contributed by atoms with Crippen LogP contribution in [0.1, 0.15) is 31.0 Å². The van der Waals surface area contributed by atoms with Crippen LogP contribution in [0.2, 0.25) is 0 Å². The van der Waals surface area contributed by atoms with Crippen molar-refractivity contribution >= 4 is 17.4 Å². The molecule has 2 N–H and O–H groups in total. The van der Waals surface area contributed by atoms with Gasteiger partial charge in [-0.3, -0.25) is 9.59 Å². The maximum absolute atomic E-state index is 12.8. The fourth-order valence-electron chi connectivity index (χ4n) is 3.42. The molecule has 1 atom stereocenters. The van der Waals surface area contributed by atoms with Gasteiger partial charge in [-0.05, 0) is 55.8 Å². The first-order chi connectivity index (χ1) is 14.3. The maximum Gasteiger partial charge on any atom is 0.295 e. The number of aliphatic hydroxyl groups excluding tert-OH is 1. The van der Waals surface area contributed by atoms with Gasteiger partial charge in [0.2, 0.25) is 0 Å². The molecule has 1 amide bonds. The summed E-state index contributed by atoms with van der Waals surface area (Å²) in [6.45, 7) is 4.24. The SMILES string of the molecule is COCCN1C(=O)C(=O)C(=C(O)c2ccc(OC(C)C)cc2)C1c1ccc(O)cc1. The molecule has 0 spiro atoms. The van der Waals surface area contributed by atoms with Gasteiger partial charge in [0.1, 0.15) is 17.3 Å². The summed E-state index contributed by atoms with van der Waals surface area (Å²) in [5, 5.41) is 20.6. The second-order valence-corrected chi connectivity index (χ2v) is 7.27. The van der Waals surface area contributed by atoms with Crippen LogP contribution in [0.15, 0.2) is 54.1 Å². The quantitative estimate of drug-likeness (QED) is 0.413. The summed E-state index contributed by atoms with van der Waals surface area (Å²) >= 11 is 0. The van der Waals surface area contributed by atoms with E-state index in [0.29, 0.717) is 16.9 Å². The third-order valence-corrected chi connectivity index (χ3v) is 4.78. The molecule has 1 aliphatic rings. The van der Waals surface area contributed by atoms with Crippen LogP contribution in [0.25, 0.3) is 5.76 Å². The molecule has 0 aromatic heterocycles. The number of aliphatic hydroxyl groups is 1. The van der Waals surface area contributed by atoms with Crippen molar-refractivity contribution in [3.05, 3.63) is 65.2 Å². The predicted molar refractivity (Wildman–Crippen MR) is 111 cm³/mol. The number of phenols is 1. The molecule has 1 heterocycles. The normalized spacial score (nSPS) is 18.3. The van der Waals surface area contributed by atoms with Crippen molar-refractivity contribution in [2.45, 2.75) is 26.0 Å². The van der Waals surface area contributed by atoms with Crippen LogP contribution < -0.4 is 4.74 Å². The summed E-state index contributed by atoms with van der Waals surface area (Å²) in [6, 6.07) is 12.1. The van der Waals surface area contributed by atoms with E-state index >= 15 is 0 Å². The Balaban J connectivity index is 2.07. The number of Topliss-reactive ketones (excluding diaryl/α,β-unsaturated/α-hetero) is 1. The predicted octanol–water partition coefficient (Wildman–Crippen LogP) is 3.25. The van der Waals surface area contributed by atoms with Gasteiger partial charge in [0, 0.05) is 19.2 Å². The minimum absolute atomic E-state index is 0.000629. The number of hydrogen-bond donors (Lipinski definition) is 2. The number of likely N-dealkylation sites (tertiary alicyclic amines) is 1. The molecule has 158 valence electrons. The van der Waals surface area contributed by atoms with Crippen molar-refractivity contribution in [2.75, 3.05) is 20.3 Å². The molecule has 30 heavy (non-hydrogen) atoms. The Hall–Kier alpha value is -3.32. The topological polar surface area (TPSA) is 96.3 Å². The highest BCUT2D eigenvalue weighted by Gasteiger charge is 2.45. The molecule has 0 bridgehead atoms. The highest BCUT2D eigenvalue weighted by molar-refractivity contribution is 6.46. The molecule has 7 heteroatoms. The summed E-state index contributed by atoms with van der Waals surface area (Å²) in [4.78, 5) is 26.9. The summed E-state index contributed by atoms with van der Waals surface area (Å²) < 4.78 is 10.7. The second kappa shape index (κ2) is 9.00. The number of phenolic OH excluding ortho intramolecular Hbond substituents is 1. The minimum atomic E-state index is -0.785. The van der Waals surface area contributed by atoms with Gasteiger partial charge in [-0.1, -0.05) is 12.1 Å². The molecule has 0 radical (unpaired) electrons. The van der Waals surface area contributed by atoms with E-state index in [9.17, 15) is 19.8 Å². The molecule has 1 aliphatic heterocycles. The van der Waals surface area contributed by atoms with E-state index in [4.69, 9.17) is 9.47 Å². The standard InChI is InChI=1S/C23H25NO6/c1-14(2)30-18-10-6-16(7-11-18)21(26)19-20(15-4-8-17(25)9-5-15)24(12-13-29-3)23(28)22(19)27/h4-11,14,20,25-26H,12-13H2,1-3H3. The van der Waals surface area contributed by atoms with Crippen molar-refractivity contribution in [1.82, 2.24) is 4.90 Å². The number of methoxy groups -OCH3 is 1. The number of hydrogen-bond acceptors (Lipinski definition) is 6. The third-order valence-electron chi connectivity index (χ3n) is 4.78. The minimum Gasteiger partial charge on any atom is -0.508 e. The van der Waals surface area contributed by atoms with Gasteiger partial charge in [0.25, 0.3) is 11.7 Å². The Bertz CT molecular complexity index is 947. The first-order valence-electron chi connectivity index (χ1n) is 9.67. The van der Waals surface area contributed by atoms with Crippen LogP contribution in [0.5, 0.6) is 11.5 Å². The van der Waals surface area contributed by atoms with Gasteiger partial charge in [-0.15, -0.1) is 0 Å². The Morgan fingerprint density at radius 2 is 1.70 bits per heavy atom. The summed E-state index contributed by atoms with van der Waals surface area (Å²) in [5.74, 6) is -1.02. The monoisotopic (exact) mass is 411 g/mol. The Labute approximate surface area is 175 Å². The number of ether oxygens (including phenoxy) is 2. The third kappa shape index (κ3) is 4.31. The Kier molecular flexibility index (Phi) is 6.42. The summed E-state index contributed by atoms with van der Waals surface area (Å²) in [6.07, 6.45) is 0.00468. The lowest BCUT2D eigenvalue weighted by molar-refractivity contribution is -0.140. The van der Waals surface area contributed by atoms with E-state index < -0.39 is 17.7 Å². The fourth-order valence-corrected chi connectivity index (χ4v) is 3.42. The van der Waals surface area contributed by atoms with Gasteiger partial charge >= 0.3 is 0 Å². The van der Waals surface area contributed by atoms with Crippen LogP contribution in [0.4, 0.5) is 0 Å². The molecule has 1 saturated heterocycles. The van der Waals surface area contributed by atoms with E-state index in [1.165, 1.54) is 24.1 Å². The zero-order valence-corrected chi connectivity index (χ0v) is 17.2. The van der Waals surface area contributed by atoms with Gasteiger partial charge in [-0.2, -0.15) is 0 Å². The highest BCUT2D eigenvalue weighted by Crippen LogP contribution is 2.39. The van der Waals surface area contributed by atoms with Crippen LogP contribution in [0.3, 0.4) is 0 Å². The summed E-state index contributed by atoms with van der Waals surface area (Å²) in [5.41, 5.74) is 1.00. The number of carbonyl (C=O) groups is 2. The average molecular weight is 411 g/mol. The first kappa shape index (κ1) is 21.4. The molecular weight excluding hydrogens is 386 g/mol. The molecule has 7 nitrogen and oxygen atoms in total. The lowest BCUT2D eigenvalue weighted by Crippen LogP contribution is -2.32. The highest BCUT2D eigenvalue weighted by atomic mass is 16.5. The van der Waals surface area contributed by atoms with Crippen LogP contribution in [0, 0.1) is 0 Å². The Morgan fingerprint density at radius 3 is 2.27 bits per heavy atom. The number of carbonyl (C=O) groups excluding carboxylic acids is 2. The lowest BCUT2D eigenvalue weighted by Gasteiger charge is -2.25. The molecule has 2 aromatic rings. The van der Waals surface area contributed by atoms with E-state index in [1.807, 2.05) is 13.8 Å². The molecular formula is C23H25NO6. The average Bonchev–Trinajstić information content (AvgIpc) is 2.97. The number of benzene rings is 2. The van der Waals surface area contributed by atoms with Crippen LogP contribution >= 0.6 is 0 Å². The fraction of sp³-hybridized carbons (Fsp3) is 0.304. The zero-order chi connectivity index (χ0) is 21.8. The number of aromatic hydroxyl groups is 1. The molecule has 1 fully saturated rings. The number of ketones is 1. The van der Waals surface area contributed by atoms with Gasteiger partial charge in [0.05, 0.1) is 24.3 Å². The lowest BCUT2D eigenvalue weighted by atomic mass is 9.95. The molecule has 0 aliphatic carbocycles. The first-order valence-corrected chi connectivity index (χ1v) is 9.67. The molecule has 1 unspecified atom stereocenters. The maximum atomic E-state index is 12.8. The number of rotatable bonds is 7.